The van der Waals surface area contributed by atoms with Gasteiger partial charge in [0.15, 0.2) is 9.84 Å². The molecule has 1 aliphatic rings. The predicted molar refractivity (Wildman–Crippen MR) is 72.4 cm³/mol. The van der Waals surface area contributed by atoms with Crippen LogP contribution in [0.3, 0.4) is 0 Å². The number of hydrogen-bond donors (Lipinski definition) is 2. The SMILES string of the molecule is CCOc1cccc(NC2C=CS(=O)(=O)C2)c1N. The number of hydrogen-bond acceptors (Lipinski definition) is 5. The van der Waals surface area contributed by atoms with Crippen LogP contribution in [0, 0.1) is 0 Å². The zero-order valence-corrected chi connectivity index (χ0v) is 10.9. The average molecular weight is 268 g/mol. The van der Waals surface area contributed by atoms with Crippen molar-refractivity contribution >= 4 is 21.2 Å². The Morgan fingerprint density at radius 1 is 1.50 bits per heavy atom. The van der Waals surface area contributed by atoms with Crippen LogP contribution in [-0.4, -0.2) is 26.8 Å². The zero-order valence-electron chi connectivity index (χ0n) is 10.1. The summed E-state index contributed by atoms with van der Waals surface area (Å²) in [4.78, 5) is 0. The van der Waals surface area contributed by atoms with E-state index in [1.807, 2.05) is 13.0 Å². The summed E-state index contributed by atoms with van der Waals surface area (Å²) < 4.78 is 28.0. The van der Waals surface area contributed by atoms with Gasteiger partial charge in [0, 0.05) is 5.41 Å². The highest BCUT2D eigenvalue weighted by atomic mass is 32.2. The minimum atomic E-state index is -3.06. The van der Waals surface area contributed by atoms with Gasteiger partial charge in [-0.2, -0.15) is 0 Å². The van der Waals surface area contributed by atoms with Gasteiger partial charge in [-0.25, -0.2) is 8.42 Å². The van der Waals surface area contributed by atoms with Gasteiger partial charge >= 0.3 is 0 Å². The fraction of sp³-hybridized carbons (Fsp3) is 0.333. The molecule has 0 saturated heterocycles. The number of para-hydroxylation sites is 1. The van der Waals surface area contributed by atoms with Crippen LogP contribution >= 0.6 is 0 Å². The van der Waals surface area contributed by atoms with Crippen molar-refractivity contribution in [1.29, 1.82) is 0 Å². The zero-order chi connectivity index (χ0) is 13.2. The summed E-state index contributed by atoms with van der Waals surface area (Å²) in [6, 6.07) is 5.16. The first-order valence-corrected chi connectivity index (χ1v) is 7.42. The summed E-state index contributed by atoms with van der Waals surface area (Å²) >= 11 is 0. The van der Waals surface area contributed by atoms with E-state index in [0.717, 1.165) is 0 Å². The fourth-order valence-electron chi connectivity index (χ4n) is 1.82. The summed E-state index contributed by atoms with van der Waals surface area (Å²) in [7, 11) is -3.06. The molecule has 1 aliphatic heterocycles. The van der Waals surface area contributed by atoms with Crippen molar-refractivity contribution in [2.45, 2.75) is 13.0 Å². The smallest absolute Gasteiger partial charge is 0.173 e. The minimum absolute atomic E-state index is 0.0608. The molecular weight excluding hydrogens is 252 g/mol. The third-order valence-electron chi connectivity index (χ3n) is 2.64. The van der Waals surface area contributed by atoms with Crippen molar-refractivity contribution in [1.82, 2.24) is 0 Å². The Hall–Kier alpha value is -1.69. The fourth-order valence-corrected chi connectivity index (χ4v) is 3.05. The van der Waals surface area contributed by atoms with E-state index in [4.69, 9.17) is 10.5 Å². The Balaban J connectivity index is 2.15. The van der Waals surface area contributed by atoms with Gasteiger partial charge in [0.1, 0.15) is 5.75 Å². The van der Waals surface area contributed by atoms with Crippen LogP contribution in [0.4, 0.5) is 11.4 Å². The van der Waals surface area contributed by atoms with Crippen LogP contribution in [0.2, 0.25) is 0 Å². The summed E-state index contributed by atoms with van der Waals surface area (Å²) in [5, 5.41) is 4.32. The Morgan fingerprint density at radius 3 is 2.89 bits per heavy atom. The van der Waals surface area contributed by atoms with E-state index in [9.17, 15) is 8.42 Å². The van der Waals surface area contributed by atoms with E-state index in [-0.39, 0.29) is 11.8 Å². The Kier molecular flexibility index (Phi) is 3.47. The van der Waals surface area contributed by atoms with Gasteiger partial charge < -0.3 is 15.8 Å². The van der Waals surface area contributed by atoms with Crippen molar-refractivity contribution in [2.75, 3.05) is 23.4 Å². The minimum Gasteiger partial charge on any atom is -0.492 e. The lowest BCUT2D eigenvalue weighted by Gasteiger charge is -2.16. The Morgan fingerprint density at radius 2 is 2.28 bits per heavy atom. The Bertz CT molecular complexity index is 567. The molecule has 18 heavy (non-hydrogen) atoms. The normalized spacial score (nSPS) is 20.8. The van der Waals surface area contributed by atoms with Crippen LogP contribution in [0.25, 0.3) is 0 Å². The van der Waals surface area contributed by atoms with E-state index in [0.29, 0.717) is 23.7 Å². The number of ether oxygens (including phenoxy) is 1. The van der Waals surface area contributed by atoms with Crippen molar-refractivity contribution < 1.29 is 13.2 Å². The van der Waals surface area contributed by atoms with Crippen LogP contribution in [0.1, 0.15) is 6.92 Å². The number of rotatable bonds is 4. The third-order valence-corrected chi connectivity index (χ3v) is 4.03. The number of sulfone groups is 1. The number of nitrogen functional groups attached to an aromatic ring is 1. The molecule has 1 unspecified atom stereocenters. The highest BCUT2D eigenvalue weighted by Crippen LogP contribution is 2.30. The first-order chi connectivity index (χ1) is 8.52. The molecule has 0 amide bonds. The lowest BCUT2D eigenvalue weighted by Crippen LogP contribution is -2.21. The second-order valence-corrected chi connectivity index (χ2v) is 5.99. The van der Waals surface area contributed by atoms with Crippen molar-refractivity contribution in [2.24, 2.45) is 0 Å². The lowest BCUT2D eigenvalue weighted by molar-refractivity contribution is 0.342. The van der Waals surface area contributed by atoms with Gasteiger partial charge in [-0.05, 0) is 19.1 Å². The largest absolute Gasteiger partial charge is 0.492 e. The topological polar surface area (TPSA) is 81.4 Å². The highest BCUT2D eigenvalue weighted by Gasteiger charge is 2.22. The van der Waals surface area contributed by atoms with E-state index in [1.165, 1.54) is 5.41 Å². The maximum atomic E-state index is 11.3. The molecule has 0 saturated carbocycles. The summed E-state index contributed by atoms with van der Waals surface area (Å²) in [5.74, 6) is 0.665. The second-order valence-electron chi connectivity index (χ2n) is 4.06. The molecule has 2 rings (SSSR count). The molecule has 1 aromatic carbocycles. The molecular formula is C12H16N2O3S. The molecule has 0 radical (unpaired) electrons. The van der Waals surface area contributed by atoms with Gasteiger partial charge in [0.05, 0.1) is 29.8 Å². The second kappa shape index (κ2) is 4.89. The summed E-state index contributed by atoms with van der Waals surface area (Å²) in [5.41, 5.74) is 7.14. The molecule has 0 spiro atoms. The monoisotopic (exact) mass is 268 g/mol. The molecule has 1 heterocycles. The number of anilines is 2. The highest BCUT2D eigenvalue weighted by molar-refractivity contribution is 7.94. The van der Waals surface area contributed by atoms with Crippen LogP contribution in [0.5, 0.6) is 5.75 Å². The lowest BCUT2D eigenvalue weighted by atomic mass is 10.2. The number of nitrogens with one attached hydrogen (secondary N) is 1. The van der Waals surface area contributed by atoms with E-state index in [1.54, 1.807) is 18.2 Å². The van der Waals surface area contributed by atoms with Crippen LogP contribution in [-0.2, 0) is 9.84 Å². The van der Waals surface area contributed by atoms with Crippen molar-refractivity contribution in [3.8, 4) is 5.75 Å². The van der Waals surface area contributed by atoms with Gasteiger partial charge in [-0.3, -0.25) is 0 Å². The first kappa shape index (κ1) is 12.8. The van der Waals surface area contributed by atoms with Crippen LogP contribution < -0.4 is 15.8 Å². The quantitative estimate of drug-likeness (QED) is 0.806. The van der Waals surface area contributed by atoms with Crippen LogP contribution in [0.15, 0.2) is 29.7 Å². The maximum Gasteiger partial charge on any atom is 0.173 e. The molecule has 1 atom stereocenters. The Labute approximate surface area is 107 Å². The van der Waals surface area contributed by atoms with Crippen molar-refractivity contribution in [3.05, 3.63) is 29.7 Å². The van der Waals surface area contributed by atoms with Gasteiger partial charge in [0.25, 0.3) is 0 Å². The number of benzene rings is 1. The molecule has 5 nitrogen and oxygen atoms in total. The first-order valence-electron chi connectivity index (χ1n) is 5.70. The van der Waals surface area contributed by atoms with Gasteiger partial charge in [-0.15, -0.1) is 0 Å². The molecule has 98 valence electrons. The van der Waals surface area contributed by atoms with Gasteiger partial charge in [0.2, 0.25) is 0 Å². The molecule has 0 aliphatic carbocycles. The number of nitrogens with two attached hydrogens (primary N) is 1. The standard InChI is InChI=1S/C12H16N2O3S/c1-2-17-11-5-3-4-10(12(11)13)14-9-6-7-18(15,16)8-9/h3-7,9,14H,2,8,13H2,1H3. The van der Waals surface area contributed by atoms with Crippen molar-refractivity contribution in [3.63, 3.8) is 0 Å². The van der Waals surface area contributed by atoms with E-state index >= 15 is 0 Å². The third kappa shape index (κ3) is 2.76. The van der Waals surface area contributed by atoms with E-state index in [2.05, 4.69) is 5.32 Å². The average Bonchev–Trinajstić information content (AvgIpc) is 2.64. The van der Waals surface area contributed by atoms with Gasteiger partial charge in [-0.1, -0.05) is 12.1 Å². The molecule has 1 aromatic rings. The molecule has 0 bridgehead atoms. The maximum absolute atomic E-state index is 11.3. The molecule has 3 N–H and O–H groups in total. The molecule has 6 heteroatoms. The summed E-state index contributed by atoms with van der Waals surface area (Å²) in [6.07, 6.45) is 1.63. The summed E-state index contributed by atoms with van der Waals surface area (Å²) in [6.45, 7) is 2.41. The molecule has 0 aromatic heterocycles. The van der Waals surface area contributed by atoms with E-state index < -0.39 is 9.84 Å². The predicted octanol–water partition coefficient (Wildman–Crippen LogP) is 1.39. The molecule has 0 fully saturated rings.